The Morgan fingerprint density at radius 1 is 1.37 bits per heavy atom. The molecule has 3 nitrogen and oxygen atoms in total. The molecule has 1 aromatic rings. The fourth-order valence-electron chi connectivity index (χ4n) is 2.44. The molecular weight excluding hydrogens is 245 g/mol. The largest absolute Gasteiger partial charge is 0.381 e. The number of hydrogen-bond donors (Lipinski definition) is 0. The normalized spacial score (nSPS) is 16.6. The highest BCUT2D eigenvalue weighted by Crippen LogP contribution is 2.15. The van der Waals surface area contributed by atoms with Crippen molar-refractivity contribution in [3.8, 4) is 0 Å². The molecule has 1 saturated heterocycles. The summed E-state index contributed by atoms with van der Waals surface area (Å²) in [6.07, 6.45) is 2.90. The molecule has 0 N–H and O–H groups in total. The molecule has 1 aromatic carbocycles. The molecule has 2 rings (SSSR count). The minimum absolute atomic E-state index is 0.109. The van der Waals surface area contributed by atoms with Crippen molar-refractivity contribution < 1.29 is 13.9 Å². The van der Waals surface area contributed by atoms with E-state index in [0.717, 1.165) is 25.9 Å². The van der Waals surface area contributed by atoms with Crippen LogP contribution < -0.4 is 0 Å². The van der Waals surface area contributed by atoms with Gasteiger partial charge in [-0.25, -0.2) is 4.39 Å². The van der Waals surface area contributed by atoms with E-state index in [4.69, 9.17) is 4.74 Å². The van der Waals surface area contributed by atoms with E-state index >= 15 is 0 Å². The maximum Gasteiger partial charge on any atom is 0.222 e. The van der Waals surface area contributed by atoms with Crippen molar-refractivity contribution in [1.82, 2.24) is 4.90 Å². The van der Waals surface area contributed by atoms with Crippen LogP contribution >= 0.6 is 0 Å². The highest BCUT2D eigenvalue weighted by molar-refractivity contribution is 5.76. The third-order valence-electron chi connectivity index (χ3n) is 3.69. The zero-order chi connectivity index (χ0) is 13.7. The van der Waals surface area contributed by atoms with E-state index in [2.05, 4.69) is 0 Å². The number of methoxy groups -OCH3 is 1. The molecule has 4 heteroatoms. The molecule has 1 heterocycles. The number of hydrogen-bond acceptors (Lipinski definition) is 2. The standard InChI is InChI=1S/C15H20FNO2/c1-19-13-8-10-17(11-9-13)15(18)7-6-12-4-2-3-5-14(12)16/h2-5,13H,6-11H2,1H3. The molecule has 0 radical (unpaired) electrons. The van der Waals surface area contributed by atoms with Crippen LogP contribution in [0.15, 0.2) is 24.3 Å². The van der Waals surface area contributed by atoms with Crippen LogP contribution in [-0.4, -0.2) is 37.1 Å². The van der Waals surface area contributed by atoms with Gasteiger partial charge in [0.25, 0.3) is 0 Å². The van der Waals surface area contributed by atoms with E-state index in [1.54, 1.807) is 25.3 Å². The van der Waals surface area contributed by atoms with Gasteiger partial charge in [0, 0.05) is 26.6 Å². The Hall–Kier alpha value is -1.42. The van der Waals surface area contributed by atoms with Gasteiger partial charge in [0.05, 0.1) is 6.10 Å². The van der Waals surface area contributed by atoms with Crippen molar-refractivity contribution >= 4 is 5.91 Å². The van der Waals surface area contributed by atoms with Gasteiger partial charge in [-0.05, 0) is 30.9 Å². The fourth-order valence-corrected chi connectivity index (χ4v) is 2.44. The van der Waals surface area contributed by atoms with E-state index in [1.807, 2.05) is 4.90 Å². The van der Waals surface area contributed by atoms with Gasteiger partial charge in [-0.1, -0.05) is 18.2 Å². The first kappa shape index (κ1) is 14.0. The van der Waals surface area contributed by atoms with E-state index in [9.17, 15) is 9.18 Å². The average molecular weight is 265 g/mol. The molecule has 0 saturated carbocycles. The SMILES string of the molecule is COC1CCN(C(=O)CCc2ccccc2F)CC1. The summed E-state index contributed by atoms with van der Waals surface area (Å²) in [5.74, 6) is -0.119. The quantitative estimate of drug-likeness (QED) is 0.836. The highest BCUT2D eigenvalue weighted by Gasteiger charge is 2.22. The Bertz CT molecular complexity index is 428. The van der Waals surface area contributed by atoms with Crippen molar-refractivity contribution in [2.75, 3.05) is 20.2 Å². The maximum atomic E-state index is 13.4. The molecule has 0 unspecified atom stereocenters. The van der Waals surface area contributed by atoms with Gasteiger partial charge in [-0.2, -0.15) is 0 Å². The monoisotopic (exact) mass is 265 g/mol. The lowest BCUT2D eigenvalue weighted by molar-refractivity contribution is -0.133. The summed E-state index contributed by atoms with van der Waals surface area (Å²) in [7, 11) is 1.71. The summed E-state index contributed by atoms with van der Waals surface area (Å²) < 4.78 is 18.7. The molecule has 0 aromatic heterocycles. The maximum absolute atomic E-state index is 13.4. The molecule has 1 aliphatic rings. The Morgan fingerprint density at radius 3 is 2.68 bits per heavy atom. The molecule has 1 fully saturated rings. The number of aryl methyl sites for hydroxylation is 1. The van der Waals surface area contributed by atoms with Crippen LogP contribution in [0.5, 0.6) is 0 Å². The van der Waals surface area contributed by atoms with Gasteiger partial charge in [0.1, 0.15) is 5.82 Å². The molecule has 104 valence electrons. The number of amides is 1. The third kappa shape index (κ3) is 3.77. The summed E-state index contributed by atoms with van der Waals surface area (Å²) >= 11 is 0. The lowest BCUT2D eigenvalue weighted by Crippen LogP contribution is -2.40. The number of benzene rings is 1. The molecule has 0 atom stereocenters. The van der Waals surface area contributed by atoms with Gasteiger partial charge in [-0.15, -0.1) is 0 Å². The number of nitrogens with zero attached hydrogens (tertiary/aromatic N) is 1. The van der Waals surface area contributed by atoms with Crippen molar-refractivity contribution in [2.45, 2.75) is 31.8 Å². The van der Waals surface area contributed by atoms with E-state index in [-0.39, 0.29) is 17.8 Å². The van der Waals surface area contributed by atoms with Crippen molar-refractivity contribution in [2.24, 2.45) is 0 Å². The van der Waals surface area contributed by atoms with Crippen LogP contribution in [0.2, 0.25) is 0 Å². The summed E-state index contributed by atoms with van der Waals surface area (Å²) in [5, 5.41) is 0. The number of rotatable bonds is 4. The molecule has 0 bridgehead atoms. The van der Waals surface area contributed by atoms with Crippen LogP contribution in [0.1, 0.15) is 24.8 Å². The van der Waals surface area contributed by atoms with Crippen LogP contribution in [0.4, 0.5) is 4.39 Å². The smallest absolute Gasteiger partial charge is 0.222 e. The van der Waals surface area contributed by atoms with Gasteiger partial charge in [0.2, 0.25) is 5.91 Å². The van der Waals surface area contributed by atoms with Crippen molar-refractivity contribution in [1.29, 1.82) is 0 Å². The predicted octanol–water partition coefficient (Wildman–Crippen LogP) is 2.40. The zero-order valence-electron chi connectivity index (χ0n) is 11.3. The number of likely N-dealkylation sites (tertiary alicyclic amines) is 1. The average Bonchev–Trinajstić information content (AvgIpc) is 2.46. The van der Waals surface area contributed by atoms with E-state index in [1.165, 1.54) is 6.07 Å². The topological polar surface area (TPSA) is 29.5 Å². The van der Waals surface area contributed by atoms with Crippen LogP contribution in [0, 0.1) is 5.82 Å². The Balaban J connectivity index is 1.81. The minimum Gasteiger partial charge on any atom is -0.381 e. The molecular formula is C15H20FNO2. The molecule has 19 heavy (non-hydrogen) atoms. The number of carbonyl (C=O) groups is 1. The second-order valence-corrected chi connectivity index (χ2v) is 4.91. The van der Waals surface area contributed by atoms with E-state index in [0.29, 0.717) is 18.4 Å². The van der Waals surface area contributed by atoms with Gasteiger partial charge in [-0.3, -0.25) is 4.79 Å². The zero-order valence-corrected chi connectivity index (χ0v) is 11.3. The van der Waals surface area contributed by atoms with Gasteiger partial charge < -0.3 is 9.64 Å². The fraction of sp³-hybridized carbons (Fsp3) is 0.533. The number of ether oxygens (including phenoxy) is 1. The summed E-state index contributed by atoms with van der Waals surface area (Å²) in [6, 6.07) is 6.63. The second-order valence-electron chi connectivity index (χ2n) is 4.91. The number of carbonyl (C=O) groups excluding carboxylic acids is 1. The van der Waals surface area contributed by atoms with Gasteiger partial charge in [0.15, 0.2) is 0 Å². The van der Waals surface area contributed by atoms with Crippen LogP contribution in [0.3, 0.4) is 0 Å². The first-order chi connectivity index (χ1) is 9.20. The molecule has 0 spiro atoms. The molecule has 1 aliphatic heterocycles. The Kier molecular flexibility index (Phi) is 4.91. The summed E-state index contributed by atoms with van der Waals surface area (Å²) in [4.78, 5) is 13.9. The Labute approximate surface area is 113 Å². The minimum atomic E-state index is -0.228. The van der Waals surface area contributed by atoms with Gasteiger partial charge >= 0.3 is 0 Å². The summed E-state index contributed by atoms with van der Waals surface area (Å²) in [5.41, 5.74) is 0.614. The lowest BCUT2D eigenvalue weighted by Gasteiger charge is -2.31. The molecule has 0 aliphatic carbocycles. The van der Waals surface area contributed by atoms with Crippen LogP contribution in [0.25, 0.3) is 0 Å². The lowest BCUT2D eigenvalue weighted by atomic mass is 10.1. The number of piperidine rings is 1. The second kappa shape index (κ2) is 6.66. The molecule has 1 amide bonds. The Morgan fingerprint density at radius 2 is 2.05 bits per heavy atom. The summed E-state index contributed by atoms with van der Waals surface area (Å²) in [6.45, 7) is 1.49. The number of halogens is 1. The first-order valence-electron chi connectivity index (χ1n) is 6.74. The third-order valence-corrected chi connectivity index (χ3v) is 3.69. The van der Waals surface area contributed by atoms with Crippen molar-refractivity contribution in [3.63, 3.8) is 0 Å². The van der Waals surface area contributed by atoms with Crippen LogP contribution in [-0.2, 0) is 16.0 Å². The first-order valence-corrected chi connectivity index (χ1v) is 6.74. The predicted molar refractivity (Wildman–Crippen MR) is 71.3 cm³/mol. The van der Waals surface area contributed by atoms with E-state index < -0.39 is 0 Å². The highest BCUT2D eigenvalue weighted by atomic mass is 19.1. The van der Waals surface area contributed by atoms with Crippen molar-refractivity contribution in [3.05, 3.63) is 35.6 Å².